The lowest BCUT2D eigenvalue weighted by Crippen LogP contribution is -2.81. The number of nitrogens with zero attached hydrogens (tertiary/aromatic N) is 1. The SMILES string of the molecule is CCCCCCCCCCCCCCCCCCOC(=O)c1ccc(C[n+]2cccc3ccccc32)cc1.Fc1c(F)c(F)c([B-](c2c(F)c(F)c(F)c(F)c2F)(c2c(F)c(F)c(F)c(F)c2F)c2c(F)c(F)c(F)c(F)c2F)c(F)c1F. The average Bonchev–Trinajstić information content (AvgIpc) is 3.26. The largest absolute Gasteiger partial charge is 0.462 e. The molecule has 446 valence electrons. The molecular formula is C59H50BF20NO2. The van der Waals surface area contributed by atoms with E-state index in [0.29, 0.717) is 12.2 Å². The molecule has 0 unspecified atom stereocenters. The smallest absolute Gasteiger partial charge is 0.338 e. The molecule has 7 aromatic rings. The number of benzene rings is 6. The summed E-state index contributed by atoms with van der Waals surface area (Å²) in [5.74, 6) is -71.6. The van der Waals surface area contributed by atoms with Gasteiger partial charge < -0.3 is 4.74 Å². The summed E-state index contributed by atoms with van der Waals surface area (Å²) in [6.07, 6.45) is 16.4. The van der Waals surface area contributed by atoms with Crippen LogP contribution in [-0.4, -0.2) is 18.7 Å². The van der Waals surface area contributed by atoms with Crippen LogP contribution < -0.4 is 26.4 Å². The molecular weight excluding hydrogens is 1150 g/mol. The number of aromatic nitrogens is 1. The molecule has 7 rings (SSSR count). The van der Waals surface area contributed by atoms with Crippen molar-refractivity contribution in [3.63, 3.8) is 0 Å². The third-order valence-corrected chi connectivity index (χ3v) is 14.3. The first-order chi connectivity index (χ1) is 39.5. The number of carbonyl (C=O) groups excluding carboxylic acids is 1. The van der Waals surface area contributed by atoms with E-state index < -0.39 is 144 Å². The maximum absolute atomic E-state index is 15.4. The van der Waals surface area contributed by atoms with Gasteiger partial charge in [-0.25, -0.2) is 92.6 Å². The highest BCUT2D eigenvalue weighted by molar-refractivity contribution is 7.20. The summed E-state index contributed by atoms with van der Waals surface area (Å²) >= 11 is 0. The molecule has 1 heterocycles. The van der Waals surface area contributed by atoms with Crippen molar-refractivity contribution in [3.8, 4) is 0 Å². The van der Waals surface area contributed by atoms with Crippen LogP contribution in [0.3, 0.4) is 0 Å². The number of hydrogen-bond donors (Lipinski definition) is 0. The Balaban J connectivity index is 0.000000271. The molecule has 0 aliphatic rings. The Labute approximate surface area is 462 Å². The molecule has 83 heavy (non-hydrogen) atoms. The Morgan fingerprint density at radius 3 is 0.988 bits per heavy atom. The van der Waals surface area contributed by atoms with Gasteiger partial charge in [-0.3, -0.25) is 0 Å². The van der Waals surface area contributed by atoms with E-state index in [1.165, 1.54) is 106 Å². The van der Waals surface area contributed by atoms with Crippen LogP contribution in [0.25, 0.3) is 10.9 Å². The summed E-state index contributed by atoms with van der Waals surface area (Å²) < 4.78 is 302. The zero-order valence-corrected chi connectivity index (χ0v) is 44.0. The molecule has 3 nitrogen and oxygen atoms in total. The fraction of sp³-hybridized carbons (Fsp3) is 0.322. The van der Waals surface area contributed by atoms with E-state index in [4.69, 9.17) is 4.74 Å². The van der Waals surface area contributed by atoms with Crippen molar-refractivity contribution < 1.29 is 102 Å². The number of hydrogen-bond acceptors (Lipinski definition) is 2. The van der Waals surface area contributed by atoms with Crippen LogP contribution in [0, 0.1) is 116 Å². The molecule has 0 aliphatic carbocycles. The minimum Gasteiger partial charge on any atom is -0.462 e. The first-order valence-electron chi connectivity index (χ1n) is 26.3. The molecule has 0 bridgehead atoms. The summed E-state index contributed by atoms with van der Waals surface area (Å²) in [4.78, 5) is 12.4. The topological polar surface area (TPSA) is 30.2 Å². The van der Waals surface area contributed by atoms with Crippen LogP contribution in [0.5, 0.6) is 0 Å². The predicted octanol–water partition coefficient (Wildman–Crippen LogP) is 15.4. The lowest BCUT2D eigenvalue weighted by Gasteiger charge is -2.44. The van der Waals surface area contributed by atoms with Gasteiger partial charge in [-0.05, 0) is 30.7 Å². The highest BCUT2D eigenvalue weighted by Crippen LogP contribution is 2.31. The molecule has 0 aliphatic heterocycles. The van der Waals surface area contributed by atoms with Gasteiger partial charge in [0.1, 0.15) is 52.7 Å². The van der Waals surface area contributed by atoms with Crippen molar-refractivity contribution in [3.05, 3.63) is 194 Å². The monoisotopic (exact) mass is 1200 g/mol. The molecule has 24 heteroatoms. The lowest BCUT2D eigenvalue weighted by molar-refractivity contribution is -0.662. The number of fused-ring (bicyclic) bond motifs is 1. The minimum absolute atomic E-state index is 0.213. The molecule has 0 spiro atoms. The fourth-order valence-electron chi connectivity index (χ4n) is 10.1. The van der Waals surface area contributed by atoms with Gasteiger partial charge in [0.05, 0.1) is 12.2 Å². The number of carbonyl (C=O) groups is 1. The molecule has 0 amide bonds. The standard InChI is InChI=1S/C35H50NO2.C24BF20/c1-2-3-4-5-6-7-8-9-10-11-12-13-14-15-16-19-29-38-35(37)33-26-24-31(25-27-33)30-36-28-20-22-32-21-17-18-23-34(32)36;26-5-1(6(27)14(35)21(42)13(5)34)25(2-7(28)15(36)22(43)16(37)8(2)29,3-9(30)17(38)23(44)18(39)10(3)31)4-11(32)19(40)24(45)20(41)12(4)33/h17-18,20-28H,2-16,19,29-30H2,1H3;/q+1;-1. The van der Waals surface area contributed by atoms with E-state index in [1.54, 1.807) is 0 Å². The number of ether oxygens (including phenoxy) is 1. The van der Waals surface area contributed by atoms with E-state index in [2.05, 4.69) is 54.1 Å². The molecule has 0 saturated heterocycles. The third-order valence-electron chi connectivity index (χ3n) is 14.3. The molecule has 0 radical (unpaired) electrons. The zero-order valence-electron chi connectivity index (χ0n) is 44.0. The first kappa shape index (κ1) is 65.0. The minimum atomic E-state index is -7.22. The van der Waals surface area contributed by atoms with Crippen LogP contribution >= 0.6 is 0 Å². The average molecular weight is 1200 g/mol. The van der Waals surface area contributed by atoms with Crippen molar-refractivity contribution in [2.24, 2.45) is 0 Å². The molecule has 0 fully saturated rings. The summed E-state index contributed by atoms with van der Waals surface area (Å²) in [5.41, 5.74) is -11.3. The maximum Gasteiger partial charge on any atom is 0.338 e. The van der Waals surface area contributed by atoms with Gasteiger partial charge in [0.25, 0.3) is 0 Å². The third kappa shape index (κ3) is 13.6. The fourth-order valence-corrected chi connectivity index (χ4v) is 10.1. The van der Waals surface area contributed by atoms with Gasteiger partial charge >= 0.3 is 5.97 Å². The summed E-state index contributed by atoms with van der Waals surface area (Å²) in [6.45, 7) is 3.58. The van der Waals surface area contributed by atoms with E-state index in [0.717, 1.165) is 19.4 Å². The van der Waals surface area contributed by atoms with Crippen molar-refractivity contribution in [1.82, 2.24) is 0 Å². The number of rotatable bonds is 24. The van der Waals surface area contributed by atoms with Crippen molar-refractivity contribution in [2.75, 3.05) is 6.61 Å². The maximum atomic E-state index is 15.4. The predicted molar refractivity (Wildman–Crippen MR) is 269 cm³/mol. The molecule has 1 aromatic heterocycles. The second kappa shape index (κ2) is 28.9. The van der Waals surface area contributed by atoms with Gasteiger partial charge in [-0.2, -0.15) is 4.57 Å². The number of esters is 1. The van der Waals surface area contributed by atoms with Gasteiger partial charge in [-0.15, -0.1) is 21.9 Å². The Bertz CT molecular complexity index is 3060. The second-order valence-corrected chi connectivity index (χ2v) is 19.6. The van der Waals surface area contributed by atoms with Crippen LogP contribution in [0.1, 0.15) is 126 Å². The highest BCUT2D eigenvalue weighted by Gasteiger charge is 2.52. The van der Waals surface area contributed by atoms with E-state index >= 15 is 35.1 Å². The van der Waals surface area contributed by atoms with Crippen LogP contribution in [0.2, 0.25) is 0 Å². The van der Waals surface area contributed by atoms with Crippen LogP contribution in [0.15, 0.2) is 66.9 Å². The van der Waals surface area contributed by atoms with E-state index in [-0.39, 0.29) is 5.97 Å². The zero-order chi connectivity index (χ0) is 61.0. The van der Waals surface area contributed by atoms with Crippen molar-refractivity contribution in [2.45, 2.75) is 116 Å². The van der Waals surface area contributed by atoms with Gasteiger partial charge in [-0.1, -0.05) is 128 Å². The van der Waals surface area contributed by atoms with Gasteiger partial charge in [0.2, 0.25) is 5.52 Å². The van der Waals surface area contributed by atoms with Crippen molar-refractivity contribution in [1.29, 1.82) is 0 Å². The Morgan fingerprint density at radius 2 is 0.651 bits per heavy atom. The van der Waals surface area contributed by atoms with Gasteiger partial charge in [0.15, 0.2) is 82.5 Å². The Morgan fingerprint density at radius 1 is 0.361 bits per heavy atom. The van der Waals surface area contributed by atoms with Crippen molar-refractivity contribution >= 4 is 44.9 Å². The van der Waals surface area contributed by atoms with Crippen LogP contribution in [0.4, 0.5) is 87.8 Å². The summed E-state index contributed by atoms with van der Waals surface area (Å²) in [7, 11) is 0. The lowest BCUT2D eigenvalue weighted by atomic mass is 9.12. The number of halogens is 20. The first-order valence-corrected chi connectivity index (χ1v) is 26.3. The summed E-state index contributed by atoms with van der Waals surface area (Å²) in [6, 6.07) is 20.4. The summed E-state index contributed by atoms with van der Waals surface area (Å²) in [5, 5.41) is 1.23. The molecule has 0 N–H and O–H groups in total. The Hall–Kier alpha value is -7.14. The quantitative estimate of drug-likeness (QED) is 0.0115. The molecule has 6 aromatic carbocycles. The normalized spacial score (nSPS) is 11.6. The second-order valence-electron chi connectivity index (χ2n) is 19.6. The van der Waals surface area contributed by atoms with Crippen LogP contribution in [-0.2, 0) is 11.3 Å². The molecule has 0 saturated carbocycles. The number of para-hydroxylation sites is 1. The number of unbranched alkanes of at least 4 members (excludes halogenated alkanes) is 15. The van der Waals surface area contributed by atoms with Gasteiger partial charge in [0, 0.05) is 23.1 Å². The van der Waals surface area contributed by atoms with E-state index in [1.807, 2.05) is 24.3 Å². The highest BCUT2D eigenvalue weighted by atomic mass is 19.2. The Kier molecular flexibility index (Phi) is 22.6. The number of pyridine rings is 1. The molecule has 0 atom stereocenters. The van der Waals surface area contributed by atoms with E-state index in [9.17, 15) is 57.5 Å².